The largest absolute Gasteiger partial charge is 0.370 e. The Labute approximate surface area is 122 Å². The van der Waals surface area contributed by atoms with Crippen LogP contribution in [-0.4, -0.2) is 18.9 Å². The van der Waals surface area contributed by atoms with Gasteiger partial charge in [0, 0.05) is 24.3 Å². The number of hydrogen-bond donors (Lipinski definition) is 0. The number of halogens is 1. The van der Waals surface area contributed by atoms with Crippen LogP contribution in [0, 0.1) is 24.6 Å². The monoisotopic (exact) mass is 279 g/mol. The van der Waals surface area contributed by atoms with Gasteiger partial charge in [0.1, 0.15) is 5.82 Å². The molecular formula is C17H26FNO. The van der Waals surface area contributed by atoms with Crippen molar-refractivity contribution in [2.75, 3.05) is 18.0 Å². The average molecular weight is 279 g/mol. The summed E-state index contributed by atoms with van der Waals surface area (Å²) in [6.45, 7) is 13.6. The lowest BCUT2D eigenvalue weighted by atomic mass is 10.0. The summed E-state index contributed by atoms with van der Waals surface area (Å²) in [4.78, 5) is 14.0. The normalized spacial score (nSPS) is 11.2. The second-order valence-corrected chi connectivity index (χ2v) is 6.37. The highest BCUT2D eigenvalue weighted by molar-refractivity contribution is 6.00. The molecule has 1 aromatic carbocycles. The summed E-state index contributed by atoms with van der Waals surface area (Å²) in [5.74, 6) is 0.572. The van der Waals surface area contributed by atoms with Gasteiger partial charge in [0.15, 0.2) is 5.78 Å². The molecule has 0 heterocycles. The van der Waals surface area contributed by atoms with Crippen molar-refractivity contribution in [2.45, 2.75) is 41.5 Å². The highest BCUT2D eigenvalue weighted by atomic mass is 19.1. The first kappa shape index (κ1) is 16.7. The maximum atomic E-state index is 13.7. The van der Waals surface area contributed by atoms with E-state index in [1.807, 2.05) is 0 Å². The molecule has 112 valence electrons. The maximum absolute atomic E-state index is 13.7. The minimum atomic E-state index is -0.312. The predicted octanol–water partition coefficient (Wildman–Crippen LogP) is 4.46. The summed E-state index contributed by atoms with van der Waals surface area (Å²) in [6.07, 6.45) is 0. The molecular weight excluding hydrogens is 253 g/mol. The van der Waals surface area contributed by atoms with Crippen LogP contribution in [0.1, 0.15) is 50.5 Å². The van der Waals surface area contributed by atoms with Gasteiger partial charge in [-0.15, -0.1) is 0 Å². The van der Waals surface area contributed by atoms with Crippen LogP contribution in [0.15, 0.2) is 12.1 Å². The lowest BCUT2D eigenvalue weighted by Gasteiger charge is -2.30. The molecule has 0 aliphatic carbocycles. The van der Waals surface area contributed by atoms with E-state index in [9.17, 15) is 9.18 Å². The number of nitrogens with zero attached hydrogens (tertiary/aromatic N) is 1. The molecule has 2 nitrogen and oxygen atoms in total. The third-order valence-corrected chi connectivity index (χ3v) is 3.17. The Morgan fingerprint density at radius 2 is 1.65 bits per heavy atom. The molecule has 20 heavy (non-hydrogen) atoms. The van der Waals surface area contributed by atoms with Crippen molar-refractivity contribution in [3.63, 3.8) is 0 Å². The molecule has 0 aromatic heterocycles. The third-order valence-electron chi connectivity index (χ3n) is 3.17. The second-order valence-electron chi connectivity index (χ2n) is 6.37. The fourth-order valence-corrected chi connectivity index (χ4v) is 2.36. The first-order valence-corrected chi connectivity index (χ1v) is 7.28. The molecule has 0 radical (unpaired) electrons. The van der Waals surface area contributed by atoms with Crippen molar-refractivity contribution in [3.05, 3.63) is 29.1 Å². The lowest BCUT2D eigenvalue weighted by Crippen LogP contribution is -2.32. The summed E-state index contributed by atoms with van der Waals surface area (Å²) in [7, 11) is 0. The Kier molecular flexibility index (Phi) is 5.73. The van der Waals surface area contributed by atoms with Gasteiger partial charge >= 0.3 is 0 Å². The summed E-state index contributed by atoms with van der Waals surface area (Å²) in [6, 6.07) is 3.18. The fraction of sp³-hybridized carbons (Fsp3) is 0.588. The topological polar surface area (TPSA) is 20.3 Å². The molecule has 0 aliphatic rings. The highest BCUT2D eigenvalue weighted by Crippen LogP contribution is 2.26. The van der Waals surface area contributed by atoms with Crippen LogP contribution in [0.25, 0.3) is 0 Å². The molecule has 0 spiro atoms. The molecule has 0 fully saturated rings. The number of aryl methyl sites for hydroxylation is 1. The van der Waals surface area contributed by atoms with Gasteiger partial charge in [-0.05, 0) is 43.4 Å². The quantitative estimate of drug-likeness (QED) is 0.717. The van der Waals surface area contributed by atoms with E-state index in [2.05, 4.69) is 32.6 Å². The number of carbonyl (C=O) groups excluding carboxylic acids is 1. The van der Waals surface area contributed by atoms with Crippen LogP contribution >= 0.6 is 0 Å². The van der Waals surface area contributed by atoms with E-state index >= 15 is 0 Å². The van der Waals surface area contributed by atoms with Gasteiger partial charge in [-0.25, -0.2) is 4.39 Å². The maximum Gasteiger partial charge on any atom is 0.161 e. The van der Waals surface area contributed by atoms with Crippen LogP contribution in [-0.2, 0) is 0 Å². The zero-order valence-corrected chi connectivity index (χ0v) is 13.5. The standard InChI is InChI=1S/C17H26FNO/c1-11(2)9-19(10-12(3)4)17-7-13(5)16(18)8-15(17)14(6)20/h7-8,11-12H,9-10H2,1-6H3. The zero-order chi connectivity index (χ0) is 15.4. The van der Waals surface area contributed by atoms with Crippen molar-refractivity contribution in [1.82, 2.24) is 0 Å². The Balaban J connectivity index is 3.29. The second kappa shape index (κ2) is 6.87. The predicted molar refractivity (Wildman–Crippen MR) is 83.0 cm³/mol. The molecule has 0 atom stereocenters. The lowest BCUT2D eigenvalue weighted by molar-refractivity contribution is 0.101. The van der Waals surface area contributed by atoms with Gasteiger partial charge in [-0.1, -0.05) is 27.7 Å². The van der Waals surface area contributed by atoms with E-state index in [0.29, 0.717) is 23.0 Å². The summed E-state index contributed by atoms with van der Waals surface area (Å²) < 4.78 is 13.7. The van der Waals surface area contributed by atoms with Gasteiger partial charge in [0.2, 0.25) is 0 Å². The number of anilines is 1. The van der Waals surface area contributed by atoms with E-state index in [0.717, 1.165) is 18.8 Å². The number of hydrogen-bond acceptors (Lipinski definition) is 2. The molecule has 0 aliphatic heterocycles. The fourth-order valence-electron chi connectivity index (χ4n) is 2.36. The molecule has 0 saturated carbocycles. The van der Waals surface area contributed by atoms with E-state index < -0.39 is 0 Å². The van der Waals surface area contributed by atoms with Gasteiger partial charge in [-0.3, -0.25) is 4.79 Å². The summed E-state index contributed by atoms with van der Waals surface area (Å²) in [5.41, 5.74) is 1.93. The van der Waals surface area contributed by atoms with E-state index in [-0.39, 0.29) is 11.6 Å². The van der Waals surface area contributed by atoms with Crippen LogP contribution in [0.4, 0.5) is 10.1 Å². The minimum absolute atomic E-state index is 0.0867. The van der Waals surface area contributed by atoms with Gasteiger partial charge < -0.3 is 4.90 Å². The van der Waals surface area contributed by atoms with Crippen molar-refractivity contribution >= 4 is 11.5 Å². The van der Waals surface area contributed by atoms with Crippen LogP contribution in [0.3, 0.4) is 0 Å². The Morgan fingerprint density at radius 3 is 2.05 bits per heavy atom. The molecule has 0 unspecified atom stereocenters. The summed E-state index contributed by atoms with van der Waals surface area (Å²) in [5, 5.41) is 0. The van der Waals surface area contributed by atoms with Gasteiger partial charge in [0.05, 0.1) is 0 Å². The molecule has 1 rings (SSSR count). The highest BCUT2D eigenvalue weighted by Gasteiger charge is 2.18. The van der Waals surface area contributed by atoms with Crippen molar-refractivity contribution in [2.24, 2.45) is 11.8 Å². The van der Waals surface area contributed by atoms with Gasteiger partial charge in [-0.2, -0.15) is 0 Å². The van der Waals surface area contributed by atoms with E-state index in [4.69, 9.17) is 0 Å². The minimum Gasteiger partial charge on any atom is -0.370 e. The molecule has 0 saturated heterocycles. The number of Topliss-reactive ketones (excluding diaryl/α,β-unsaturated/α-hetero) is 1. The van der Waals surface area contributed by atoms with Crippen LogP contribution < -0.4 is 4.90 Å². The van der Waals surface area contributed by atoms with Crippen molar-refractivity contribution in [3.8, 4) is 0 Å². The molecule has 3 heteroatoms. The van der Waals surface area contributed by atoms with Crippen molar-refractivity contribution in [1.29, 1.82) is 0 Å². The average Bonchev–Trinajstić information content (AvgIpc) is 2.29. The number of carbonyl (C=O) groups is 1. The summed E-state index contributed by atoms with van der Waals surface area (Å²) >= 11 is 0. The number of ketones is 1. The Hall–Kier alpha value is -1.38. The first-order chi connectivity index (χ1) is 9.22. The SMILES string of the molecule is CC(=O)c1cc(F)c(C)cc1N(CC(C)C)CC(C)C. The first-order valence-electron chi connectivity index (χ1n) is 7.28. The van der Waals surface area contributed by atoms with Crippen LogP contribution in [0.2, 0.25) is 0 Å². The zero-order valence-electron chi connectivity index (χ0n) is 13.5. The number of benzene rings is 1. The molecule has 0 amide bonds. The van der Waals surface area contributed by atoms with E-state index in [1.165, 1.54) is 13.0 Å². The van der Waals surface area contributed by atoms with E-state index in [1.54, 1.807) is 13.0 Å². The smallest absolute Gasteiger partial charge is 0.161 e. The molecule has 0 bridgehead atoms. The van der Waals surface area contributed by atoms with Crippen molar-refractivity contribution < 1.29 is 9.18 Å². The molecule has 0 N–H and O–H groups in total. The van der Waals surface area contributed by atoms with Crippen LogP contribution in [0.5, 0.6) is 0 Å². The Morgan fingerprint density at radius 1 is 1.15 bits per heavy atom. The Bertz CT molecular complexity index is 470. The third kappa shape index (κ3) is 4.32. The molecule has 1 aromatic rings. The number of rotatable bonds is 6. The van der Waals surface area contributed by atoms with Gasteiger partial charge in [0.25, 0.3) is 0 Å².